The van der Waals surface area contributed by atoms with Gasteiger partial charge in [0.1, 0.15) is 0 Å². The Kier molecular flexibility index (Phi) is 3.09. The van der Waals surface area contributed by atoms with Crippen molar-refractivity contribution >= 4 is 5.69 Å². The van der Waals surface area contributed by atoms with Gasteiger partial charge in [0.05, 0.1) is 0 Å². The Hall–Kier alpha value is -1.28. The fourth-order valence-corrected chi connectivity index (χ4v) is 1.34. The van der Waals surface area contributed by atoms with Gasteiger partial charge in [0, 0.05) is 11.7 Å². The molecule has 13 heavy (non-hydrogen) atoms. The molecule has 0 spiro atoms. The first-order valence-corrected chi connectivity index (χ1v) is 4.37. The lowest BCUT2D eigenvalue weighted by Crippen LogP contribution is -2.11. The molecular formula is C11H16N2. The van der Waals surface area contributed by atoms with Crippen LogP contribution in [0.15, 0.2) is 30.9 Å². The molecule has 0 fully saturated rings. The van der Waals surface area contributed by atoms with Crippen molar-refractivity contribution in [3.8, 4) is 0 Å². The van der Waals surface area contributed by atoms with Crippen LogP contribution in [0.4, 0.5) is 5.69 Å². The summed E-state index contributed by atoms with van der Waals surface area (Å²) in [5.74, 6) is 0. The molecule has 1 atom stereocenters. The van der Waals surface area contributed by atoms with Crippen molar-refractivity contribution in [1.82, 2.24) is 0 Å². The molecule has 0 unspecified atom stereocenters. The van der Waals surface area contributed by atoms with Crippen LogP contribution in [0.5, 0.6) is 0 Å². The van der Waals surface area contributed by atoms with Gasteiger partial charge in [-0.15, -0.1) is 6.58 Å². The molecule has 1 aromatic carbocycles. The molecule has 1 rings (SSSR count). The molecule has 0 aromatic heterocycles. The van der Waals surface area contributed by atoms with E-state index in [0.29, 0.717) is 0 Å². The fraction of sp³-hybridized carbons (Fsp3) is 0.273. The van der Waals surface area contributed by atoms with E-state index < -0.39 is 0 Å². The van der Waals surface area contributed by atoms with E-state index in [4.69, 9.17) is 11.5 Å². The highest BCUT2D eigenvalue weighted by Crippen LogP contribution is 2.22. The predicted octanol–water partition coefficient (Wildman–Crippen LogP) is 2.15. The zero-order valence-electron chi connectivity index (χ0n) is 7.96. The summed E-state index contributed by atoms with van der Waals surface area (Å²) in [6, 6.07) is 5.92. The average Bonchev–Trinajstić information content (AvgIpc) is 2.04. The van der Waals surface area contributed by atoms with Crippen LogP contribution in [-0.4, -0.2) is 0 Å². The van der Waals surface area contributed by atoms with Gasteiger partial charge in [0.2, 0.25) is 0 Å². The van der Waals surface area contributed by atoms with E-state index in [2.05, 4.69) is 6.58 Å². The van der Waals surface area contributed by atoms with E-state index in [-0.39, 0.29) is 6.04 Å². The first kappa shape index (κ1) is 9.81. The number of hydrogen-bond acceptors (Lipinski definition) is 2. The molecule has 0 saturated heterocycles. The number of rotatable bonds is 3. The third kappa shape index (κ3) is 2.33. The molecule has 2 nitrogen and oxygen atoms in total. The van der Waals surface area contributed by atoms with Crippen molar-refractivity contribution in [3.05, 3.63) is 42.0 Å². The third-order valence-corrected chi connectivity index (χ3v) is 2.06. The van der Waals surface area contributed by atoms with E-state index in [1.54, 1.807) is 0 Å². The van der Waals surface area contributed by atoms with E-state index >= 15 is 0 Å². The van der Waals surface area contributed by atoms with Gasteiger partial charge >= 0.3 is 0 Å². The van der Waals surface area contributed by atoms with E-state index in [0.717, 1.165) is 23.2 Å². The molecule has 0 bridgehead atoms. The molecule has 2 heteroatoms. The van der Waals surface area contributed by atoms with Crippen LogP contribution in [0.2, 0.25) is 0 Å². The van der Waals surface area contributed by atoms with E-state index in [1.165, 1.54) is 0 Å². The normalized spacial score (nSPS) is 12.5. The zero-order valence-corrected chi connectivity index (χ0v) is 7.96. The van der Waals surface area contributed by atoms with Crippen LogP contribution in [-0.2, 0) is 0 Å². The van der Waals surface area contributed by atoms with Gasteiger partial charge in [-0.25, -0.2) is 0 Å². The number of anilines is 1. The van der Waals surface area contributed by atoms with Crippen LogP contribution in [0, 0.1) is 6.92 Å². The molecule has 0 heterocycles. The maximum Gasteiger partial charge on any atom is 0.0365 e. The van der Waals surface area contributed by atoms with Crippen molar-refractivity contribution in [2.75, 3.05) is 5.73 Å². The molecule has 0 aliphatic carbocycles. The monoisotopic (exact) mass is 176 g/mol. The summed E-state index contributed by atoms with van der Waals surface area (Å²) in [6.07, 6.45) is 2.57. The molecule has 0 aliphatic heterocycles. The molecule has 1 aromatic rings. The predicted molar refractivity (Wildman–Crippen MR) is 57.3 cm³/mol. The summed E-state index contributed by atoms with van der Waals surface area (Å²) in [7, 11) is 0. The van der Waals surface area contributed by atoms with Gasteiger partial charge in [0.15, 0.2) is 0 Å². The zero-order chi connectivity index (χ0) is 9.84. The average molecular weight is 176 g/mol. The lowest BCUT2D eigenvalue weighted by Gasteiger charge is -2.12. The van der Waals surface area contributed by atoms with Gasteiger partial charge in [0.25, 0.3) is 0 Å². The van der Waals surface area contributed by atoms with Crippen molar-refractivity contribution < 1.29 is 0 Å². The minimum Gasteiger partial charge on any atom is -0.398 e. The summed E-state index contributed by atoms with van der Waals surface area (Å²) >= 11 is 0. The lowest BCUT2D eigenvalue weighted by atomic mass is 10.0. The Morgan fingerprint density at radius 2 is 2.23 bits per heavy atom. The fourth-order valence-electron chi connectivity index (χ4n) is 1.34. The second-order valence-corrected chi connectivity index (χ2v) is 3.26. The number of nitrogens with two attached hydrogens (primary N) is 2. The van der Waals surface area contributed by atoms with Crippen molar-refractivity contribution in [2.24, 2.45) is 5.73 Å². The highest BCUT2D eigenvalue weighted by molar-refractivity contribution is 5.50. The van der Waals surface area contributed by atoms with Crippen molar-refractivity contribution in [3.63, 3.8) is 0 Å². The van der Waals surface area contributed by atoms with Crippen LogP contribution < -0.4 is 11.5 Å². The maximum atomic E-state index is 5.91. The number of hydrogen-bond donors (Lipinski definition) is 2. The molecular weight excluding hydrogens is 160 g/mol. The Labute approximate surface area is 79.2 Å². The minimum atomic E-state index is -0.0295. The second-order valence-electron chi connectivity index (χ2n) is 3.26. The summed E-state index contributed by atoms with van der Waals surface area (Å²) in [4.78, 5) is 0. The molecule has 0 saturated carbocycles. The van der Waals surface area contributed by atoms with Crippen LogP contribution >= 0.6 is 0 Å². The molecule has 0 amide bonds. The highest BCUT2D eigenvalue weighted by atomic mass is 14.7. The Bertz CT molecular complexity index is 305. The maximum absolute atomic E-state index is 5.91. The molecule has 0 aliphatic rings. The molecule has 0 radical (unpaired) electrons. The standard InChI is InChI=1S/C11H16N2/c1-3-4-10(12)9-6-5-8(2)7-11(9)13/h3,5-7,10H,1,4,12-13H2,2H3/t10-/m0/s1. The van der Waals surface area contributed by atoms with Gasteiger partial charge in [-0.2, -0.15) is 0 Å². The summed E-state index contributed by atoms with van der Waals surface area (Å²) in [6.45, 7) is 5.67. The summed E-state index contributed by atoms with van der Waals surface area (Å²) in [5, 5.41) is 0. The SMILES string of the molecule is C=CC[C@H](N)c1ccc(C)cc1N. The van der Waals surface area contributed by atoms with Gasteiger partial charge in [-0.3, -0.25) is 0 Å². The van der Waals surface area contributed by atoms with E-state index in [9.17, 15) is 0 Å². The van der Waals surface area contributed by atoms with Gasteiger partial charge in [-0.05, 0) is 30.5 Å². The Morgan fingerprint density at radius 1 is 1.54 bits per heavy atom. The molecule has 4 N–H and O–H groups in total. The Morgan fingerprint density at radius 3 is 2.77 bits per heavy atom. The van der Waals surface area contributed by atoms with Crippen molar-refractivity contribution in [1.29, 1.82) is 0 Å². The first-order valence-electron chi connectivity index (χ1n) is 4.37. The largest absolute Gasteiger partial charge is 0.398 e. The van der Waals surface area contributed by atoms with Gasteiger partial charge < -0.3 is 11.5 Å². The van der Waals surface area contributed by atoms with Crippen LogP contribution in [0.3, 0.4) is 0 Å². The topological polar surface area (TPSA) is 52.0 Å². The third-order valence-electron chi connectivity index (χ3n) is 2.06. The summed E-state index contributed by atoms with van der Waals surface area (Å²) < 4.78 is 0. The van der Waals surface area contributed by atoms with Crippen LogP contribution in [0.1, 0.15) is 23.6 Å². The Balaban J connectivity index is 2.94. The van der Waals surface area contributed by atoms with Gasteiger partial charge in [-0.1, -0.05) is 18.2 Å². The number of benzene rings is 1. The number of nitrogen functional groups attached to an aromatic ring is 1. The summed E-state index contributed by atoms with van der Waals surface area (Å²) in [5.41, 5.74) is 14.7. The van der Waals surface area contributed by atoms with Crippen molar-refractivity contribution in [2.45, 2.75) is 19.4 Å². The highest BCUT2D eigenvalue weighted by Gasteiger charge is 2.06. The van der Waals surface area contributed by atoms with E-state index in [1.807, 2.05) is 31.2 Å². The quantitative estimate of drug-likeness (QED) is 0.547. The smallest absolute Gasteiger partial charge is 0.0365 e. The second kappa shape index (κ2) is 4.10. The molecule has 70 valence electrons. The van der Waals surface area contributed by atoms with Crippen LogP contribution in [0.25, 0.3) is 0 Å². The number of aryl methyl sites for hydroxylation is 1. The first-order chi connectivity index (χ1) is 6.15. The lowest BCUT2D eigenvalue weighted by molar-refractivity contribution is 0.744. The minimum absolute atomic E-state index is 0.0295.